The summed E-state index contributed by atoms with van der Waals surface area (Å²) in [6.07, 6.45) is 8.55. The summed E-state index contributed by atoms with van der Waals surface area (Å²) in [6, 6.07) is 1.79. The Balaban J connectivity index is 1.36. The van der Waals surface area contributed by atoms with Crippen LogP contribution in [-0.4, -0.2) is 50.2 Å². The van der Waals surface area contributed by atoms with Gasteiger partial charge in [-0.05, 0) is 83.6 Å². The fourth-order valence-electron chi connectivity index (χ4n) is 4.28. The topological polar surface area (TPSA) is 27.3 Å². The Morgan fingerprint density at radius 2 is 1.78 bits per heavy atom. The zero-order chi connectivity index (χ0) is 12.4. The minimum atomic E-state index is 0.877. The van der Waals surface area contributed by atoms with Crippen LogP contribution in [0.2, 0.25) is 0 Å². The Hall–Kier alpha value is -0.120. The molecule has 3 rings (SSSR count). The average Bonchev–Trinajstić information content (AvgIpc) is 2.64. The fraction of sp³-hybridized carbons (Fsp3) is 1.00. The first-order valence-electron chi connectivity index (χ1n) is 7.96. The van der Waals surface area contributed by atoms with Crippen molar-refractivity contribution in [1.82, 2.24) is 15.5 Å². The first-order valence-corrected chi connectivity index (χ1v) is 7.96. The maximum absolute atomic E-state index is 3.75. The van der Waals surface area contributed by atoms with E-state index in [9.17, 15) is 0 Å². The molecule has 0 aromatic rings. The van der Waals surface area contributed by atoms with Gasteiger partial charge in [-0.2, -0.15) is 0 Å². The molecule has 0 amide bonds. The predicted molar refractivity (Wildman–Crippen MR) is 75.8 cm³/mol. The summed E-state index contributed by atoms with van der Waals surface area (Å²) in [5.74, 6) is 1.82. The maximum atomic E-state index is 3.75. The highest BCUT2D eigenvalue weighted by molar-refractivity contribution is 4.93. The molecule has 0 aliphatic carbocycles. The molecule has 2 N–H and O–H groups in total. The molecule has 104 valence electrons. The van der Waals surface area contributed by atoms with Gasteiger partial charge in [0.05, 0.1) is 0 Å². The van der Waals surface area contributed by atoms with E-state index < -0.39 is 0 Å². The van der Waals surface area contributed by atoms with Crippen LogP contribution >= 0.6 is 0 Å². The van der Waals surface area contributed by atoms with Crippen LogP contribution in [0.3, 0.4) is 0 Å². The van der Waals surface area contributed by atoms with Gasteiger partial charge < -0.3 is 15.5 Å². The van der Waals surface area contributed by atoms with Crippen molar-refractivity contribution >= 4 is 0 Å². The highest BCUT2D eigenvalue weighted by atomic mass is 15.2. The third-order valence-electron chi connectivity index (χ3n) is 5.46. The number of fused-ring (bicyclic) bond motifs is 2. The van der Waals surface area contributed by atoms with E-state index in [2.05, 4.69) is 22.6 Å². The van der Waals surface area contributed by atoms with Crippen LogP contribution in [0, 0.1) is 11.8 Å². The highest BCUT2D eigenvalue weighted by Gasteiger charge is 2.37. The van der Waals surface area contributed by atoms with E-state index in [1.807, 2.05) is 0 Å². The van der Waals surface area contributed by atoms with Crippen molar-refractivity contribution < 1.29 is 0 Å². The van der Waals surface area contributed by atoms with Crippen molar-refractivity contribution in [2.24, 2.45) is 11.8 Å². The molecule has 3 heterocycles. The van der Waals surface area contributed by atoms with Gasteiger partial charge in [-0.1, -0.05) is 0 Å². The Bertz CT molecular complexity index is 248. The second kappa shape index (κ2) is 5.89. The van der Waals surface area contributed by atoms with Crippen LogP contribution in [0.25, 0.3) is 0 Å². The molecule has 0 spiro atoms. The number of nitrogens with zero attached hydrogens (tertiary/aromatic N) is 1. The summed E-state index contributed by atoms with van der Waals surface area (Å²) in [4.78, 5) is 2.64. The Kier molecular flexibility index (Phi) is 4.22. The number of piperidine rings is 2. The van der Waals surface area contributed by atoms with Gasteiger partial charge in [0.1, 0.15) is 0 Å². The maximum Gasteiger partial charge on any atom is 0.00988 e. The predicted octanol–water partition coefficient (Wildman–Crippen LogP) is 1.45. The van der Waals surface area contributed by atoms with E-state index in [-0.39, 0.29) is 0 Å². The van der Waals surface area contributed by atoms with Gasteiger partial charge in [-0.3, -0.25) is 0 Å². The van der Waals surface area contributed by atoms with E-state index in [4.69, 9.17) is 0 Å². The number of rotatable bonds is 4. The highest BCUT2D eigenvalue weighted by Crippen LogP contribution is 2.36. The van der Waals surface area contributed by atoms with Gasteiger partial charge >= 0.3 is 0 Å². The molecule has 3 heteroatoms. The van der Waals surface area contributed by atoms with Crippen molar-refractivity contribution in [1.29, 1.82) is 0 Å². The summed E-state index contributed by atoms with van der Waals surface area (Å²) < 4.78 is 0. The molecule has 18 heavy (non-hydrogen) atoms. The third kappa shape index (κ3) is 2.89. The van der Waals surface area contributed by atoms with Crippen molar-refractivity contribution in [3.05, 3.63) is 0 Å². The second-order valence-corrected chi connectivity index (χ2v) is 6.76. The summed E-state index contributed by atoms with van der Waals surface area (Å²) >= 11 is 0. The molecule has 3 nitrogen and oxygen atoms in total. The molecule has 3 unspecified atom stereocenters. The smallest absolute Gasteiger partial charge is 0.00988 e. The van der Waals surface area contributed by atoms with Crippen LogP contribution in [0.15, 0.2) is 0 Å². The number of nitrogens with one attached hydrogen (secondary N) is 2. The molecular weight excluding hydrogens is 222 g/mol. The molecule has 3 aliphatic rings. The molecule has 3 fully saturated rings. The zero-order valence-corrected chi connectivity index (χ0v) is 11.8. The lowest BCUT2D eigenvalue weighted by molar-refractivity contribution is 0.132. The van der Waals surface area contributed by atoms with Gasteiger partial charge in [-0.15, -0.1) is 0 Å². The normalized spacial score (nSPS) is 41.2. The van der Waals surface area contributed by atoms with E-state index in [1.54, 1.807) is 0 Å². The Morgan fingerprint density at radius 3 is 2.44 bits per heavy atom. The van der Waals surface area contributed by atoms with E-state index in [1.165, 1.54) is 64.7 Å². The molecule has 0 aromatic heterocycles. The molecule has 0 saturated carbocycles. The van der Waals surface area contributed by atoms with Gasteiger partial charge in [0, 0.05) is 12.1 Å². The molecule has 3 atom stereocenters. The SMILES string of the molecule is CN1C2CCC1CC(CNCC1CCCNC1)C2. The molecule has 0 aromatic carbocycles. The van der Waals surface area contributed by atoms with Gasteiger partial charge in [0.15, 0.2) is 0 Å². The summed E-state index contributed by atoms with van der Waals surface area (Å²) in [5, 5.41) is 7.26. The van der Waals surface area contributed by atoms with Crippen LogP contribution < -0.4 is 10.6 Å². The van der Waals surface area contributed by atoms with Crippen molar-refractivity contribution in [3.63, 3.8) is 0 Å². The first-order chi connectivity index (χ1) is 8.83. The molecular formula is C15H29N3. The minimum absolute atomic E-state index is 0.877. The number of hydrogen-bond donors (Lipinski definition) is 2. The Morgan fingerprint density at radius 1 is 1.06 bits per heavy atom. The first kappa shape index (κ1) is 12.9. The van der Waals surface area contributed by atoms with E-state index in [0.717, 1.165) is 23.9 Å². The van der Waals surface area contributed by atoms with Crippen LogP contribution in [-0.2, 0) is 0 Å². The molecule has 3 saturated heterocycles. The standard InChI is InChI=1S/C15H29N3/c1-18-14-4-5-15(18)8-13(7-14)11-17-10-12-3-2-6-16-9-12/h12-17H,2-11H2,1H3. The molecule has 3 aliphatic heterocycles. The molecule has 2 bridgehead atoms. The zero-order valence-electron chi connectivity index (χ0n) is 11.8. The van der Waals surface area contributed by atoms with Crippen LogP contribution in [0.4, 0.5) is 0 Å². The Labute approximate surface area is 112 Å². The van der Waals surface area contributed by atoms with Crippen molar-refractivity contribution in [2.45, 2.75) is 50.6 Å². The quantitative estimate of drug-likeness (QED) is 0.792. The van der Waals surface area contributed by atoms with Gasteiger partial charge in [-0.25, -0.2) is 0 Å². The number of hydrogen-bond acceptors (Lipinski definition) is 3. The van der Waals surface area contributed by atoms with E-state index >= 15 is 0 Å². The fourth-order valence-corrected chi connectivity index (χ4v) is 4.28. The lowest BCUT2D eigenvalue weighted by atomic mass is 9.91. The summed E-state index contributed by atoms with van der Waals surface area (Å²) in [7, 11) is 2.33. The van der Waals surface area contributed by atoms with Gasteiger partial charge in [0.2, 0.25) is 0 Å². The minimum Gasteiger partial charge on any atom is -0.316 e. The van der Waals surface area contributed by atoms with Crippen LogP contribution in [0.1, 0.15) is 38.5 Å². The monoisotopic (exact) mass is 251 g/mol. The van der Waals surface area contributed by atoms with Crippen LogP contribution in [0.5, 0.6) is 0 Å². The molecule has 0 radical (unpaired) electrons. The lowest BCUT2D eigenvalue weighted by Crippen LogP contribution is -2.43. The van der Waals surface area contributed by atoms with Crippen molar-refractivity contribution in [2.75, 3.05) is 33.2 Å². The second-order valence-electron chi connectivity index (χ2n) is 6.76. The van der Waals surface area contributed by atoms with Crippen molar-refractivity contribution in [3.8, 4) is 0 Å². The summed E-state index contributed by atoms with van der Waals surface area (Å²) in [6.45, 7) is 4.95. The lowest BCUT2D eigenvalue weighted by Gasteiger charge is -2.36. The van der Waals surface area contributed by atoms with Gasteiger partial charge in [0.25, 0.3) is 0 Å². The van der Waals surface area contributed by atoms with E-state index in [0.29, 0.717) is 0 Å². The largest absolute Gasteiger partial charge is 0.316 e. The average molecular weight is 251 g/mol. The summed E-state index contributed by atoms with van der Waals surface area (Å²) in [5.41, 5.74) is 0. The third-order valence-corrected chi connectivity index (χ3v) is 5.46.